The van der Waals surface area contributed by atoms with Crippen LogP contribution in [0, 0.1) is 5.92 Å². The van der Waals surface area contributed by atoms with Gasteiger partial charge in [-0.15, -0.1) is 0 Å². The van der Waals surface area contributed by atoms with Gasteiger partial charge in [-0.3, -0.25) is 4.79 Å². The fourth-order valence-electron chi connectivity index (χ4n) is 1.19. The van der Waals surface area contributed by atoms with E-state index >= 15 is 0 Å². The third-order valence-electron chi connectivity index (χ3n) is 2.21. The molecule has 0 aliphatic heterocycles. The highest BCUT2D eigenvalue weighted by atomic mass is 32.2. The van der Waals surface area contributed by atoms with E-state index in [1.165, 1.54) is 11.8 Å². The van der Waals surface area contributed by atoms with E-state index in [0.717, 1.165) is 13.0 Å². The molecule has 0 radical (unpaired) electrons. The highest BCUT2D eigenvalue weighted by Gasteiger charge is 2.14. The van der Waals surface area contributed by atoms with E-state index in [1.54, 1.807) is 18.5 Å². The van der Waals surface area contributed by atoms with E-state index in [2.05, 4.69) is 29.1 Å². The molecule has 0 aliphatic carbocycles. The first-order valence-corrected chi connectivity index (χ1v) is 6.69. The number of hydrogen-bond donors (Lipinski definition) is 1. The lowest BCUT2D eigenvalue weighted by Gasteiger charge is -2.11. The average Bonchev–Trinajstić information content (AvgIpc) is 2.29. The van der Waals surface area contributed by atoms with Crippen molar-refractivity contribution < 1.29 is 4.79 Å². The molecule has 0 aromatic carbocycles. The Hall–Kier alpha value is -1.10. The van der Waals surface area contributed by atoms with Crippen LogP contribution in [0.15, 0.2) is 23.6 Å². The largest absolute Gasteiger partial charge is 0.355 e. The molecule has 0 spiro atoms. The minimum absolute atomic E-state index is 0.0445. The molecule has 4 nitrogen and oxygen atoms in total. The molecule has 1 atom stereocenters. The van der Waals surface area contributed by atoms with E-state index in [0.29, 0.717) is 11.1 Å². The van der Waals surface area contributed by atoms with Crippen LogP contribution < -0.4 is 5.32 Å². The molecule has 0 saturated carbocycles. The monoisotopic (exact) mass is 253 g/mol. The van der Waals surface area contributed by atoms with E-state index in [4.69, 9.17) is 0 Å². The number of nitrogens with zero attached hydrogens (tertiary/aromatic N) is 2. The molecular weight excluding hydrogens is 234 g/mol. The Balaban J connectivity index is 2.32. The van der Waals surface area contributed by atoms with Crippen molar-refractivity contribution in [3.63, 3.8) is 0 Å². The van der Waals surface area contributed by atoms with Gasteiger partial charge < -0.3 is 5.32 Å². The first-order chi connectivity index (χ1) is 8.09. The van der Waals surface area contributed by atoms with Crippen molar-refractivity contribution in [2.45, 2.75) is 37.6 Å². The molecule has 1 N–H and O–H groups in total. The van der Waals surface area contributed by atoms with Crippen molar-refractivity contribution in [1.29, 1.82) is 0 Å². The molecule has 1 heterocycles. The van der Waals surface area contributed by atoms with Gasteiger partial charge in [0.05, 0.1) is 5.25 Å². The molecule has 1 aromatic rings. The fourth-order valence-corrected chi connectivity index (χ4v) is 1.94. The molecule has 5 heteroatoms. The van der Waals surface area contributed by atoms with Gasteiger partial charge >= 0.3 is 0 Å². The predicted molar refractivity (Wildman–Crippen MR) is 69.8 cm³/mol. The van der Waals surface area contributed by atoms with Crippen LogP contribution in [0.5, 0.6) is 0 Å². The number of thioether (sulfide) groups is 1. The lowest BCUT2D eigenvalue weighted by Crippen LogP contribution is -2.32. The minimum atomic E-state index is -0.162. The molecular formula is C12H19N3OS. The van der Waals surface area contributed by atoms with Crippen molar-refractivity contribution in [1.82, 2.24) is 15.3 Å². The molecule has 1 aromatic heterocycles. The summed E-state index contributed by atoms with van der Waals surface area (Å²) in [5, 5.41) is 3.39. The van der Waals surface area contributed by atoms with Crippen LogP contribution in [0.1, 0.15) is 27.2 Å². The number of carbonyl (C=O) groups excluding carboxylic acids is 1. The summed E-state index contributed by atoms with van der Waals surface area (Å²) in [4.78, 5) is 19.9. The summed E-state index contributed by atoms with van der Waals surface area (Å²) in [7, 11) is 0. The zero-order chi connectivity index (χ0) is 12.7. The van der Waals surface area contributed by atoms with E-state index < -0.39 is 0 Å². The third-order valence-corrected chi connectivity index (χ3v) is 3.20. The number of aromatic nitrogens is 2. The number of amides is 1. The van der Waals surface area contributed by atoms with Crippen molar-refractivity contribution >= 4 is 17.7 Å². The van der Waals surface area contributed by atoms with Crippen LogP contribution in [-0.4, -0.2) is 27.7 Å². The second kappa shape index (κ2) is 7.27. The Bertz CT molecular complexity index is 343. The first-order valence-electron chi connectivity index (χ1n) is 5.81. The van der Waals surface area contributed by atoms with E-state index in [9.17, 15) is 4.79 Å². The smallest absolute Gasteiger partial charge is 0.233 e. The summed E-state index contributed by atoms with van der Waals surface area (Å²) in [5.41, 5.74) is 0. The number of hydrogen-bond acceptors (Lipinski definition) is 4. The lowest BCUT2D eigenvalue weighted by molar-refractivity contribution is -0.120. The van der Waals surface area contributed by atoms with Crippen LogP contribution >= 0.6 is 11.8 Å². The molecule has 1 amide bonds. The van der Waals surface area contributed by atoms with Gasteiger partial charge in [0.15, 0.2) is 5.16 Å². The van der Waals surface area contributed by atoms with Crippen molar-refractivity contribution in [3.05, 3.63) is 18.5 Å². The number of nitrogens with one attached hydrogen (secondary N) is 1. The maximum atomic E-state index is 11.7. The van der Waals surface area contributed by atoms with Gasteiger partial charge in [0.2, 0.25) is 5.91 Å². The average molecular weight is 253 g/mol. The second-order valence-electron chi connectivity index (χ2n) is 4.26. The SMILES string of the molecule is CC(C)CCNC(=O)C(C)Sc1ncccn1. The van der Waals surface area contributed by atoms with E-state index in [1.807, 2.05) is 6.92 Å². The summed E-state index contributed by atoms with van der Waals surface area (Å²) in [6.07, 6.45) is 4.36. The van der Waals surface area contributed by atoms with Crippen LogP contribution in [0.4, 0.5) is 0 Å². The fraction of sp³-hybridized carbons (Fsp3) is 0.583. The Morgan fingerprint density at radius 2 is 2.00 bits per heavy atom. The Labute approximate surface area is 107 Å². The summed E-state index contributed by atoms with van der Waals surface area (Å²) >= 11 is 1.38. The molecule has 0 bridgehead atoms. The normalized spacial score (nSPS) is 12.5. The van der Waals surface area contributed by atoms with Crippen molar-refractivity contribution in [2.24, 2.45) is 5.92 Å². The predicted octanol–water partition coefficient (Wildman–Crippen LogP) is 2.12. The van der Waals surface area contributed by atoms with E-state index in [-0.39, 0.29) is 11.2 Å². The van der Waals surface area contributed by atoms with Gasteiger partial charge in [-0.25, -0.2) is 9.97 Å². The van der Waals surface area contributed by atoms with Crippen LogP contribution in [0.2, 0.25) is 0 Å². The van der Waals surface area contributed by atoms with Crippen LogP contribution in [0.3, 0.4) is 0 Å². The minimum Gasteiger partial charge on any atom is -0.355 e. The zero-order valence-electron chi connectivity index (χ0n) is 10.5. The second-order valence-corrected chi connectivity index (χ2v) is 5.57. The number of carbonyl (C=O) groups is 1. The van der Waals surface area contributed by atoms with Gasteiger partial charge in [0.25, 0.3) is 0 Å². The summed E-state index contributed by atoms with van der Waals surface area (Å²) in [5.74, 6) is 0.652. The quantitative estimate of drug-likeness (QED) is 0.623. The van der Waals surface area contributed by atoms with Crippen LogP contribution in [-0.2, 0) is 4.79 Å². The molecule has 0 fully saturated rings. The molecule has 1 rings (SSSR count). The molecule has 1 unspecified atom stereocenters. The lowest BCUT2D eigenvalue weighted by atomic mass is 10.1. The third kappa shape index (κ3) is 5.68. The standard InChI is InChI=1S/C12H19N3OS/c1-9(2)5-8-13-11(16)10(3)17-12-14-6-4-7-15-12/h4,6-7,9-10H,5,8H2,1-3H3,(H,13,16). The Morgan fingerprint density at radius 1 is 1.35 bits per heavy atom. The Morgan fingerprint density at radius 3 is 2.59 bits per heavy atom. The first kappa shape index (κ1) is 14.0. The van der Waals surface area contributed by atoms with Gasteiger partial charge in [-0.2, -0.15) is 0 Å². The molecule has 94 valence electrons. The zero-order valence-corrected chi connectivity index (χ0v) is 11.3. The van der Waals surface area contributed by atoms with Gasteiger partial charge in [-0.1, -0.05) is 25.6 Å². The molecule has 0 aliphatic rings. The number of rotatable bonds is 6. The summed E-state index contributed by atoms with van der Waals surface area (Å²) in [6, 6.07) is 1.76. The Kier molecular flexibility index (Phi) is 5.97. The van der Waals surface area contributed by atoms with Crippen LogP contribution in [0.25, 0.3) is 0 Å². The topological polar surface area (TPSA) is 54.9 Å². The van der Waals surface area contributed by atoms with Crippen molar-refractivity contribution in [2.75, 3.05) is 6.54 Å². The highest BCUT2D eigenvalue weighted by Crippen LogP contribution is 2.18. The highest BCUT2D eigenvalue weighted by molar-refractivity contribution is 8.00. The molecule has 17 heavy (non-hydrogen) atoms. The summed E-state index contributed by atoms with van der Waals surface area (Å²) in [6.45, 7) is 6.88. The van der Waals surface area contributed by atoms with Gasteiger partial charge in [-0.05, 0) is 25.3 Å². The summed E-state index contributed by atoms with van der Waals surface area (Å²) < 4.78 is 0. The van der Waals surface area contributed by atoms with Crippen molar-refractivity contribution in [3.8, 4) is 0 Å². The maximum absolute atomic E-state index is 11.7. The maximum Gasteiger partial charge on any atom is 0.233 e. The van der Waals surface area contributed by atoms with Gasteiger partial charge in [0, 0.05) is 18.9 Å². The molecule has 0 saturated heterocycles. The van der Waals surface area contributed by atoms with Gasteiger partial charge in [0.1, 0.15) is 0 Å².